The highest BCUT2D eigenvalue weighted by molar-refractivity contribution is 8.13. The Morgan fingerprint density at radius 1 is 1.30 bits per heavy atom. The van der Waals surface area contributed by atoms with Crippen LogP contribution in [0.1, 0.15) is 10.4 Å². The van der Waals surface area contributed by atoms with Crippen molar-refractivity contribution in [3.8, 4) is 0 Å². The smallest absolute Gasteiger partial charge is 0.219 e. The summed E-state index contributed by atoms with van der Waals surface area (Å²) < 4.78 is 0. The predicted molar refractivity (Wildman–Crippen MR) is 44.3 cm³/mol. The van der Waals surface area contributed by atoms with Gasteiger partial charge in [-0.25, -0.2) is 0 Å². The van der Waals surface area contributed by atoms with Crippen LogP contribution in [-0.2, 0) is 0 Å². The zero-order valence-corrected chi connectivity index (χ0v) is 6.52. The van der Waals surface area contributed by atoms with Gasteiger partial charge in [-0.15, -0.1) is 0 Å². The van der Waals surface area contributed by atoms with Gasteiger partial charge in [-0.1, -0.05) is 42.1 Å². The minimum Gasteiger partial charge on any atom is -0.282 e. The van der Waals surface area contributed by atoms with Crippen molar-refractivity contribution < 1.29 is 4.79 Å². The van der Waals surface area contributed by atoms with E-state index in [1.807, 2.05) is 30.3 Å². The molecule has 0 N–H and O–H groups in total. The molecule has 0 fully saturated rings. The van der Waals surface area contributed by atoms with E-state index in [0.717, 1.165) is 5.56 Å². The van der Waals surface area contributed by atoms with E-state index in [0.29, 0.717) is 0 Å². The van der Waals surface area contributed by atoms with Gasteiger partial charge in [-0.05, 0) is 6.26 Å². The van der Waals surface area contributed by atoms with Gasteiger partial charge in [0.25, 0.3) is 0 Å². The molecule has 1 nitrogen and oxygen atoms in total. The summed E-state index contributed by atoms with van der Waals surface area (Å²) in [7, 11) is 0. The lowest BCUT2D eigenvalue weighted by Crippen LogP contribution is -1.89. The first-order valence-corrected chi connectivity index (χ1v) is 4.20. The fourth-order valence-corrected chi connectivity index (χ4v) is 1.06. The molecule has 0 spiro atoms. The maximum Gasteiger partial charge on any atom is 0.219 e. The Morgan fingerprint density at radius 2 is 1.90 bits per heavy atom. The third-order valence-electron chi connectivity index (χ3n) is 1.19. The third kappa shape index (κ3) is 1.61. The number of carbonyl (C=O) groups excluding carboxylic acids is 1. The van der Waals surface area contributed by atoms with E-state index in [2.05, 4.69) is 0 Å². The lowest BCUT2D eigenvalue weighted by Gasteiger charge is -1.92. The molecule has 1 aromatic rings. The molecule has 1 rings (SSSR count). The summed E-state index contributed by atoms with van der Waals surface area (Å²) in [4.78, 5) is 11.0. The fraction of sp³-hybridized carbons (Fsp3) is 0.125. The van der Waals surface area contributed by atoms with Gasteiger partial charge < -0.3 is 0 Å². The molecule has 0 aliphatic heterocycles. The zero-order valence-electron chi connectivity index (χ0n) is 5.70. The summed E-state index contributed by atoms with van der Waals surface area (Å²) in [5.74, 6) is 0. The van der Waals surface area contributed by atoms with Gasteiger partial charge in [-0.2, -0.15) is 0 Å². The van der Waals surface area contributed by atoms with Gasteiger partial charge >= 0.3 is 0 Å². The van der Waals surface area contributed by atoms with Crippen LogP contribution in [0.25, 0.3) is 0 Å². The molecule has 1 aromatic carbocycles. The number of benzene rings is 1. The van der Waals surface area contributed by atoms with Crippen molar-refractivity contribution >= 4 is 16.9 Å². The molecule has 0 saturated carbocycles. The van der Waals surface area contributed by atoms with Gasteiger partial charge in [0.15, 0.2) is 0 Å². The van der Waals surface area contributed by atoms with Gasteiger partial charge in [0.05, 0.1) is 0 Å². The van der Waals surface area contributed by atoms with Crippen molar-refractivity contribution in [1.82, 2.24) is 0 Å². The second-order valence-electron chi connectivity index (χ2n) is 1.86. The van der Waals surface area contributed by atoms with E-state index < -0.39 is 0 Å². The van der Waals surface area contributed by atoms with Gasteiger partial charge in [0, 0.05) is 5.56 Å². The lowest BCUT2D eigenvalue weighted by molar-refractivity contribution is 0.108. The highest BCUT2D eigenvalue weighted by atomic mass is 32.2. The number of hydrogen-bond donors (Lipinski definition) is 0. The van der Waals surface area contributed by atoms with E-state index in [9.17, 15) is 4.79 Å². The number of hydrogen-bond acceptors (Lipinski definition) is 2. The third-order valence-corrected chi connectivity index (χ3v) is 1.80. The Kier molecular flexibility index (Phi) is 2.51. The molecule has 2 heteroatoms. The first-order valence-electron chi connectivity index (χ1n) is 2.98. The molecular formula is C8H8OS. The molecular weight excluding hydrogens is 144 g/mol. The molecule has 0 radical (unpaired) electrons. The molecule has 0 atom stereocenters. The normalized spacial score (nSPS) is 9.30. The SMILES string of the molecule is CSC(=O)c1ccccc1. The summed E-state index contributed by atoms with van der Waals surface area (Å²) in [6.45, 7) is 0. The van der Waals surface area contributed by atoms with Crippen molar-refractivity contribution in [2.75, 3.05) is 6.26 Å². The zero-order chi connectivity index (χ0) is 7.40. The van der Waals surface area contributed by atoms with Crippen molar-refractivity contribution in [3.63, 3.8) is 0 Å². The molecule has 0 unspecified atom stereocenters. The van der Waals surface area contributed by atoms with Crippen LogP contribution >= 0.6 is 11.8 Å². The summed E-state index contributed by atoms with van der Waals surface area (Å²) in [5, 5.41) is 0.126. The maximum atomic E-state index is 11.0. The van der Waals surface area contributed by atoms with Crippen molar-refractivity contribution in [2.24, 2.45) is 0 Å². The standard InChI is InChI=1S/C8H8OS/c1-10-8(9)7-5-3-2-4-6-7/h2-6H,1H3. The average molecular weight is 152 g/mol. The van der Waals surface area contributed by atoms with E-state index >= 15 is 0 Å². The van der Waals surface area contributed by atoms with Crippen LogP contribution in [-0.4, -0.2) is 11.4 Å². The van der Waals surface area contributed by atoms with E-state index in [1.54, 1.807) is 6.26 Å². The van der Waals surface area contributed by atoms with E-state index in [-0.39, 0.29) is 5.12 Å². The van der Waals surface area contributed by atoms with Crippen LogP contribution in [0.5, 0.6) is 0 Å². The summed E-state index contributed by atoms with van der Waals surface area (Å²) >= 11 is 1.24. The van der Waals surface area contributed by atoms with Gasteiger partial charge in [-0.3, -0.25) is 4.79 Å². The Labute approximate surface area is 64.4 Å². The van der Waals surface area contributed by atoms with Gasteiger partial charge in [0.1, 0.15) is 0 Å². The quantitative estimate of drug-likeness (QED) is 0.613. The first-order chi connectivity index (χ1) is 4.84. The number of rotatable bonds is 1. The van der Waals surface area contributed by atoms with Crippen LogP contribution in [0.3, 0.4) is 0 Å². The van der Waals surface area contributed by atoms with Gasteiger partial charge in [0.2, 0.25) is 5.12 Å². The average Bonchev–Trinajstić information content (AvgIpc) is 2.05. The fourth-order valence-electron chi connectivity index (χ4n) is 0.692. The highest BCUT2D eigenvalue weighted by Gasteiger charge is 1.99. The molecule has 0 heterocycles. The van der Waals surface area contributed by atoms with Crippen LogP contribution in [0.2, 0.25) is 0 Å². The van der Waals surface area contributed by atoms with Crippen LogP contribution in [0, 0.1) is 0 Å². The van der Waals surface area contributed by atoms with Crippen LogP contribution in [0.15, 0.2) is 30.3 Å². The monoisotopic (exact) mass is 152 g/mol. The minimum atomic E-state index is 0.126. The maximum absolute atomic E-state index is 11.0. The number of carbonyl (C=O) groups is 1. The Morgan fingerprint density at radius 3 is 2.40 bits per heavy atom. The molecule has 0 bridgehead atoms. The second kappa shape index (κ2) is 3.42. The lowest BCUT2D eigenvalue weighted by atomic mass is 10.2. The molecule has 10 heavy (non-hydrogen) atoms. The summed E-state index contributed by atoms with van der Waals surface area (Å²) in [6.07, 6.45) is 1.79. The Balaban J connectivity index is 2.85. The highest BCUT2D eigenvalue weighted by Crippen LogP contribution is 2.07. The molecule has 0 saturated heterocycles. The molecule has 0 aliphatic carbocycles. The molecule has 0 aliphatic rings. The summed E-state index contributed by atoms with van der Waals surface area (Å²) in [5.41, 5.74) is 0.773. The van der Waals surface area contributed by atoms with E-state index in [4.69, 9.17) is 0 Å². The first kappa shape index (κ1) is 7.35. The van der Waals surface area contributed by atoms with Crippen molar-refractivity contribution in [2.45, 2.75) is 0 Å². The van der Waals surface area contributed by atoms with Crippen molar-refractivity contribution in [1.29, 1.82) is 0 Å². The predicted octanol–water partition coefficient (Wildman–Crippen LogP) is 2.19. The van der Waals surface area contributed by atoms with Crippen LogP contribution in [0.4, 0.5) is 0 Å². The van der Waals surface area contributed by atoms with Crippen LogP contribution < -0.4 is 0 Å². The van der Waals surface area contributed by atoms with Crippen molar-refractivity contribution in [3.05, 3.63) is 35.9 Å². The topological polar surface area (TPSA) is 17.1 Å². The minimum absolute atomic E-state index is 0.126. The second-order valence-corrected chi connectivity index (χ2v) is 2.64. The molecule has 52 valence electrons. The van der Waals surface area contributed by atoms with E-state index in [1.165, 1.54) is 11.8 Å². The number of thioether (sulfide) groups is 1. The molecule has 0 amide bonds. The summed E-state index contributed by atoms with van der Waals surface area (Å²) in [6, 6.07) is 9.27. The Bertz CT molecular complexity index is 218. The Hall–Kier alpha value is -0.760. The largest absolute Gasteiger partial charge is 0.282 e. The molecule has 0 aromatic heterocycles.